The predicted molar refractivity (Wildman–Crippen MR) is 76.9 cm³/mol. The Hall–Kier alpha value is -2.74. The molecule has 0 spiro atoms. The van der Waals surface area contributed by atoms with E-state index in [4.69, 9.17) is 0 Å². The molecule has 1 aromatic carbocycles. The maximum Gasteiger partial charge on any atom is 0.258 e. The Balaban J connectivity index is 1.85. The highest BCUT2D eigenvalue weighted by molar-refractivity contribution is 7.14. The van der Waals surface area contributed by atoms with Gasteiger partial charge >= 0.3 is 0 Å². The molecule has 0 fully saturated rings. The summed E-state index contributed by atoms with van der Waals surface area (Å²) in [5, 5.41) is 16.9. The standard InChI is InChI=1S/C13H9N5O2S/c1-8-14-16-13(21-8)17-15-9-3-2-4-10(7-9)18-11(19)5-6-12(18)20/h2-7H,1H3. The van der Waals surface area contributed by atoms with Crippen LogP contribution in [0.2, 0.25) is 0 Å². The average molecular weight is 299 g/mol. The first-order valence-electron chi connectivity index (χ1n) is 6.01. The van der Waals surface area contributed by atoms with Crippen molar-refractivity contribution in [2.24, 2.45) is 10.2 Å². The molecule has 1 aromatic heterocycles. The molecule has 0 radical (unpaired) electrons. The number of nitrogens with zero attached hydrogens (tertiary/aromatic N) is 5. The van der Waals surface area contributed by atoms with E-state index in [1.54, 1.807) is 24.3 Å². The van der Waals surface area contributed by atoms with E-state index in [-0.39, 0.29) is 11.8 Å². The highest BCUT2D eigenvalue weighted by Gasteiger charge is 2.25. The molecule has 7 nitrogen and oxygen atoms in total. The lowest BCUT2D eigenvalue weighted by atomic mass is 10.2. The van der Waals surface area contributed by atoms with Crippen LogP contribution in [0.25, 0.3) is 0 Å². The van der Waals surface area contributed by atoms with Gasteiger partial charge in [-0.25, -0.2) is 4.90 Å². The average Bonchev–Trinajstić information content (AvgIpc) is 3.03. The van der Waals surface area contributed by atoms with Gasteiger partial charge in [0.15, 0.2) is 0 Å². The lowest BCUT2D eigenvalue weighted by Crippen LogP contribution is -2.29. The van der Waals surface area contributed by atoms with Crippen LogP contribution >= 0.6 is 11.3 Å². The van der Waals surface area contributed by atoms with Crippen molar-refractivity contribution in [3.05, 3.63) is 41.4 Å². The lowest BCUT2D eigenvalue weighted by Gasteiger charge is -2.13. The number of benzene rings is 1. The molecule has 2 amide bonds. The molecule has 0 saturated heterocycles. The molecule has 0 unspecified atom stereocenters. The van der Waals surface area contributed by atoms with Crippen LogP contribution in [0, 0.1) is 6.92 Å². The summed E-state index contributed by atoms with van der Waals surface area (Å²) in [6, 6.07) is 6.70. The molecule has 0 saturated carbocycles. The van der Waals surface area contributed by atoms with Gasteiger partial charge in [0.2, 0.25) is 0 Å². The van der Waals surface area contributed by atoms with Crippen LogP contribution in [0.1, 0.15) is 5.01 Å². The van der Waals surface area contributed by atoms with Crippen LogP contribution < -0.4 is 4.90 Å². The molecule has 8 heteroatoms. The van der Waals surface area contributed by atoms with Crippen molar-refractivity contribution in [2.75, 3.05) is 4.90 Å². The quantitative estimate of drug-likeness (QED) is 0.644. The van der Waals surface area contributed by atoms with E-state index in [1.807, 2.05) is 6.92 Å². The molecule has 2 heterocycles. The van der Waals surface area contributed by atoms with Gasteiger partial charge in [-0.3, -0.25) is 9.59 Å². The molecular weight excluding hydrogens is 290 g/mol. The third-order valence-electron chi connectivity index (χ3n) is 2.66. The third-order valence-corrected chi connectivity index (χ3v) is 3.39. The highest BCUT2D eigenvalue weighted by Crippen LogP contribution is 2.26. The summed E-state index contributed by atoms with van der Waals surface area (Å²) in [5.74, 6) is -0.734. The highest BCUT2D eigenvalue weighted by atomic mass is 32.1. The fourth-order valence-corrected chi connectivity index (χ4v) is 2.29. The van der Waals surface area contributed by atoms with Gasteiger partial charge in [0, 0.05) is 12.2 Å². The summed E-state index contributed by atoms with van der Waals surface area (Å²) in [5.41, 5.74) is 0.979. The van der Waals surface area contributed by atoms with Crippen molar-refractivity contribution in [3.8, 4) is 0 Å². The van der Waals surface area contributed by atoms with Crippen LogP contribution in [-0.2, 0) is 9.59 Å². The number of imide groups is 1. The Labute approximate surface area is 123 Å². The van der Waals surface area contributed by atoms with Crippen molar-refractivity contribution in [2.45, 2.75) is 6.92 Å². The van der Waals surface area contributed by atoms with Crippen molar-refractivity contribution in [1.82, 2.24) is 10.2 Å². The molecule has 104 valence electrons. The normalized spacial score (nSPS) is 14.6. The second-order valence-electron chi connectivity index (χ2n) is 4.17. The second-order valence-corrected chi connectivity index (χ2v) is 5.33. The van der Waals surface area contributed by atoms with E-state index < -0.39 is 0 Å². The number of aryl methyl sites for hydroxylation is 1. The Kier molecular flexibility index (Phi) is 3.36. The van der Waals surface area contributed by atoms with Crippen molar-refractivity contribution in [1.29, 1.82) is 0 Å². The van der Waals surface area contributed by atoms with Crippen LogP contribution in [0.4, 0.5) is 16.5 Å². The molecule has 0 N–H and O–H groups in total. The summed E-state index contributed by atoms with van der Waals surface area (Å²) >= 11 is 1.33. The van der Waals surface area contributed by atoms with Gasteiger partial charge in [-0.1, -0.05) is 17.4 Å². The molecule has 1 aliphatic heterocycles. The summed E-state index contributed by atoms with van der Waals surface area (Å²) in [6.45, 7) is 1.83. The molecule has 21 heavy (non-hydrogen) atoms. The fraction of sp³-hybridized carbons (Fsp3) is 0.0769. The minimum atomic E-state index is -0.367. The summed E-state index contributed by atoms with van der Waals surface area (Å²) in [6.07, 6.45) is 2.47. The largest absolute Gasteiger partial charge is 0.269 e. The maximum atomic E-state index is 11.6. The monoisotopic (exact) mass is 299 g/mol. The van der Waals surface area contributed by atoms with Gasteiger partial charge in [-0.15, -0.1) is 20.4 Å². The van der Waals surface area contributed by atoms with Crippen molar-refractivity contribution < 1.29 is 9.59 Å². The van der Waals surface area contributed by atoms with Crippen molar-refractivity contribution >= 4 is 39.7 Å². The summed E-state index contributed by atoms with van der Waals surface area (Å²) < 4.78 is 0. The van der Waals surface area contributed by atoms with Gasteiger partial charge in [-0.05, 0) is 25.1 Å². The number of anilines is 1. The molecule has 1 aliphatic rings. The van der Waals surface area contributed by atoms with Gasteiger partial charge in [-0.2, -0.15) is 0 Å². The van der Waals surface area contributed by atoms with E-state index in [2.05, 4.69) is 20.4 Å². The number of hydrogen-bond acceptors (Lipinski definition) is 7. The number of carbonyl (C=O) groups is 2. The second kappa shape index (κ2) is 5.33. The number of azo groups is 1. The van der Waals surface area contributed by atoms with E-state index in [0.29, 0.717) is 16.5 Å². The molecule has 0 bridgehead atoms. The van der Waals surface area contributed by atoms with Gasteiger partial charge in [0.05, 0.1) is 11.4 Å². The van der Waals surface area contributed by atoms with Crippen molar-refractivity contribution in [3.63, 3.8) is 0 Å². The minimum Gasteiger partial charge on any atom is -0.269 e. The van der Waals surface area contributed by atoms with Crippen LogP contribution in [-0.4, -0.2) is 22.0 Å². The van der Waals surface area contributed by atoms with Crippen LogP contribution in [0.3, 0.4) is 0 Å². The number of carbonyl (C=O) groups excluding carboxylic acids is 2. The van der Waals surface area contributed by atoms with Crippen LogP contribution in [0.5, 0.6) is 0 Å². The topological polar surface area (TPSA) is 87.9 Å². The van der Waals surface area contributed by atoms with E-state index in [9.17, 15) is 9.59 Å². The maximum absolute atomic E-state index is 11.6. The Morgan fingerprint density at radius 1 is 1.10 bits per heavy atom. The zero-order chi connectivity index (χ0) is 14.8. The van der Waals surface area contributed by atoms with E-state index in [1.165, 1.54) is 23.5 Å². The third kappa shape index (κ3) is 2.75. The first-order chi connectivity index (χ1) is 10.1. The van der Waals surface area contributed by atoms with Gasteiger partial charge < -0.3 is 0 Å². The molecule has 2 aromatic rings. The first kappa shape index (κ1) is 13.3. The number of aromatic nitrogens is 2. The van der Waals surface area contributed by atoms with E-state index in [0.717, 1.165) is 9.91 Å². The molecule has 0 atom stereocenters. The number of rotatable bonds is 3. The molecule has 3 rings (SSSR count). The Bertz CT molecular complexity index is 762. The minimum absolute atomic E-state index is 0.367. The number of amides is 2. The first-order valence-corrected chi connectivity index (χ1v) is 6.83. The fourth-order valence-electron chi connectivity index (χ4n) is 1.78. The van der Waals surface area contributed by atoms with Gasteiger partial charge in [0.1, 0.15) is 5.01 Å². The zero-order valence-corrected chi connectivity index (χ0v) is 11.7. The van der Waals surface area contributed by atoms with Gasteiger partial charge in [0.25, 0.3) is 16.9 Å². The summed E-state index contributed by atoms with van der Waals surface area (Å²) in [7, 11) is 0. The molecular formula is C13H9N5O2S. The van der Waals surface area contributed by atoms with Crippen LogP contribution in [0.15, 0.2) is 46.6 Å². The molecule has 0 aliphatic carbocycles. The lowest BCUT2D eigenvalue weighted by molar-refractivity contribution is -0.119. The SMILES string of the molecule is Cc1nnc(N=Nc2cccc(N3C(=O)C=CC3=O)c2)s1. The summed E-state index contributed by atoms with van der Waals surface area (Å²) in [4.78, 5) is 24.3. The van der Waals surface area contributed by atoms with E-state index >= 15 is 0 Å². The Morgan fingerprint density at radius 2 is 1.86 bits per heavy atom. The predicted octanol–water partition coefficient (Wildman–Crippen LogP) is 2.69. The number of hydrogen-bond donors (Lipinski definition) is 0. The smallest absolute Gasteiger partial charge is 0.258 e. The zero-order valence-electron chi connectivity index (χ0n) is 10.9. The Morgan fingerprint density at radius 3 is 2.52 bits per heavy atom.